The van der Waals surface area contributed by atoms with Crippen molar-refractivity contribution in [2.24, 2.45) is 0 Å². The summed E-state index contributed by atoms with van der Waals surface area (Å²) in [5.74, 6) is -0.637. The fourth-order valence-electron chi connectivity index (χ4n) is 1.94. The number of hydrogen-bond acceptors (Lipinski definition) is 3. The van der Waals surface area contributed by atoms with Crippen LogP contribution in [-0.4, -0.2) is 39.5 Å². The number of hydrogen-bond donors (Lipinski definition) is 1. The third-order valence-corrected chi connectivity index (χ3v) is 5.39. The van der Waals surface area contributed by atoms with E-state index < -0.39 is 6.04 Å². The molecule has 0 saturated heterocycles. The molecule has 0 fully saturated rings. The standard InChI is InChI=1S/C18H19NO3Se/c1-2-22-18(21)16(13-23-15-11-7-4-8-12-15)19-17(20)14-9-5-3-6-10-14/h3-12,16H,2,13H2,1H3,(H,19,20)/t16-/m0/s1. The van der Waals surface area contributed by atoms with Gasteiger partial charge in [-0.3, -0.25) is 0 Å². The van der Waals surface area contributed by atoms with E-state index in [2.05, 4.69) is 5.32 Å². The summed E-state index contributed by atoms with van der Waals surface area (Å²) >= 11 is 0.0860. The van der Waals surface area contributed by atoms with Crippen molar-refractivity contribution < 1.29 is 14.3 Å². The summed E-state index contributed by atoms with van der Waals surface area (Å²) in [4.78, 5) is 24.4. The van der Waals surface area contributed by atoms with Crippen LogP contribution in [0, 0.1) is 0 Å². The Morgan fingerprint density at radius 1 is 1.04 bits per heavy atom. The van der Waals surface area contributed by atoms with Gasteiger partial charge in [0.2, 0.25) is 0 Å². The van der Waals surface area contributed by atoms with Gasteiger partial charge < -0.3 is 0 Å². The fraction of sp³-hybridized carbons (Fsp3) is 0.222. The van der Waals surface area contributed by atoms with Crippen molar-refractivity contribution in [3.8, 4) is 0 Å². The first-order chi connectivity index (χ1) is 11.2. The molecule has 0 aliphatic carbocycles. The predicted molar refractivity (Wildman–Crippen MR) is 91.0 cm³/mol. The average molecular weight is 376 g/mol. The van der Waals surface area contributed by atoms with Gasteiger partial charge in [0.05, 0.1) is 0 Å². The summed E-state index contributed by atoms with van der Waals surface area (Å²) in [6.07, 6.45) is 0. The zero-order valence-electron chi connectivity index (χ0n) is 12.9. The van der Waals surface area contributed by atoms with E-state index in [1.165, 1.54) is 4.46 Å². The Bertz CT molecular complexity index is 631. The van der Waals surface area contributed by atoms with Crippen LogP contribution in [0.15, 0.2) is 60.7 Å². The molecule has 2 aromatic rings. The molecule has 0 radical (unpaired) electrons. The third kappa shape index (κ3) is 5.55. The van der Waals surface area contributed by atoms with Gasteiger partial charge in [0, 0.05) is 0 Å². The van der Waals surface area contributed by atoms with Gasteiger partial charge in [0.15, 0.2) is 0 Å². The van der Waals surface area contributed by atoms with Gasteiger partial charge in [-0.15, -0.1) is 0 Å². The average Bonchev–Trinajstić information content (AvgIpc) is 2.60. The van der Waals surface area contributed by atoms with E-state index in [4.69, 9.17) is 4.74 Å². The summed E-state index contributed by atoms with van der Waals surface area (Å²) < 4.78 is 6.27. The second kappa shape index (κ2) is 9.13. The quantitative estimate of drug-likeness (QED) is 0.592. The number of esters is 1. The van der Waals surface area contributed by atoms with Crippen molar-refractivity contribution in [2.45, 2.75) is 18.3 Å². The van der Waals surface area contributed by atoms with Gasteiger partial charge >= 0.3 is 142 Å². The Balaban J connectivity index is 2.02. The molecular weight excluding hydrogens is 357 g/mol. The topological polar surface area (TPSA) is 55.4 Å². The zero-order chi connectivity index (χ0) is 16.5. The van der Waals surface area contributed by atoms with E-state index >= 15 is 0 Å². The molecule has 0 saturated carbocycles. The van der Waals surface area contributed by atoms with Gasteiger partial charge in [0.25, 0.3) is 0 Å². The fourth-order valence-corrected chi connectivity index (χ4v) is 3.89. The zero-order valence-corrected chi connectivity index (χ0v) is 14.6. The molecule has 2 aromatic carbocycles. The summed E-state index contributed by atoms with van der Waals surface area (Å²) in [5, 5.41) is 3.35. The van der Waals surface area contributed by atoms with Crippen LogP contribution in [0.4, 0.5) is 0 Å². The summed E-state index contributed by atoms with van der Waals surface area (Å²) in [6, 6.07) is 18.2. The Morgan fingerprint density at radius 2 is 1.65 bits per heavy atom. The van der Waals surface area contributed by atoms with Crippen LogP contribution >= 0.6 is 0 Å². The van der Waals surface area contributed by atoms with Gasteiger partial charge in [-0.2, -0.15) is 0 Å². The van der Waals surface area contributed by atoms with Crippen LogP contribution in [0.2, 0.25) is 5.32 Å². The summed E-state index contributed by atoms with van der Waals surface area (Å²) in [5.41, 5.74) is 0.536. The van der Waals surface area contributed by atoms with Crippen molar-refractivity contribution in [2.75, 3.05) is 6.61 Å². The van der Waals surface area contributed by atoms with E-state index in [-0.39, 0.29) is 26.8 Å². The minimum absolute atomic E-state index is 0.0860. The molecule has 0 aromatic heterocycles. The van der Waals surface area contributed by atoms with Crippen LogP contribution in [0.1, 0.15) is 17.3 Å². The molecule has 0 heterocycles. The number of rotatable bonds is 7. The maximum atomic E-state index is 12.3. The molecule has 4 nitrogen and oxygen atoms in total. The SMILES string of the molecule is CCOC(=O)[C@H](C[Se]c1ccccc1)NC(=O)c1ccccc1. The molecule has 0 bridgehead atoms. The van der Waals surface area contributed by atoms with Gasteiger partial charge in [-0.1, -0.05) is 0 Å². The molecule has 120 valence electrons. The first kappa shape index (κ1) is 17.3. The monoisotopic (exact) mass is 377 g/mol. The Labute approximate surface area is 142 Å². The number of amides is 1. The molecule has 1 amide bonds. The molecule has 0 unspecified atom stereocenters. The Hall–Kier alpha value is -2.10. The van der Waals surface area contributed by atoms with Crippen LogP contribution in [0.3, 0.4) is 0 Å². The molecule has 1 N–H and O–H groups in total. The molecule has 23 heavy (non-hydrogen) atoms. The van der Waals surface area contributed by atoms with Crippen molar-refractivity contribution in [1.29, 1.82) is 0 Å². The maximum absolute atomic E-state index is 12.3. The third-order valence-electron chi connectivity index (χ3n) is 3.07. The number of benzene rings is 2. The van der Waals surface area contributed by atoms with Crippen LogP contribution in [0.25, 0.3) is 0 Å². The first-order valence-corrected chi connectivity index (χ1v) is 9.48. The minimum atomic E-state index is -0.622. The second-order valence-electron chi connectivity index (χ2n) is 4.77. The van der Waals surface area contributed by atoms with Gasteiger partial charge in [-0.25, -0.2) is 0 Å². The normalized spacial score (nSPS) is 11.5. The van der Waals surface area contributed by atoms with Crippen molar-refractivity contribution in [1.82, 2.24) is 5.32 Å². The van der Waals surface area contributed by atoms with Crippen molar-refractivity contribution in [3.05, 3.63) is 66.2 Å². The van der Waals surface area contributed by atoms with Crippen molar-refractivity contribution >= 4 is 31.3 Å². The van der Waals surface area contributed by atoms with E-state index in [1.54, 1.807) is 31.2 Å². The number of ether oxygens (including phenoxy) is 1. The van der Waals surface area contributed by atoms with Crippen molar-refractivity contribution in [3.63, 3.8) is 0 Å². The van der Waals surface area contributed by atoms with E-state index in [9.17, 15) is 9.59 Å². The summed E-state index contributed by atoms with van der Waals surface area (Å²) in [6.45, 7) is 2.06. The van der Waals surface area contributed by atoms with E-state index in [0.29, 0.717) is 17.5 Å². The Morgan fingerprint density at radius 3 is 2.26 bits per heavy atom. The second-order valence-corrected chi connectivity index (χ2v) is 7.06. The molecular formula is C18H19NO3Se. The number of nitrogens with one attached hydrogen (secondary N) is 1. The molecule has 5 heteroatoms. The van der Waals surface area contributed by atoms with Gasteiger partial charge in [0.1, 0.15) is 0 Å². The van der Waals surface area contributed by atoms with Crippen LogP contribution in [0.5, 0.6) is 0 Å². The molecule has 1 atom stereocenters. The molecule has 2 rings (SSSR count). The summed E-state index contributed by atoms with van der Waals surface area (Å²) in [7, 11) is 0. The van der Waals surface area contributed by atoms with E-state index in [0.717, 1.165) is 0 Å². The van der Waals surface area contributed by atoms with Crippen LogP contribution < -0.4 is 9.78 Å². The molecule has 0 spiro atoms. The number of carbonyl (C=O) groups excluding carboxylic acids is 2. The molecule has 0 aliphatic rings. The predicted octanol–water partition coefficient (Wildman–Crippen LogP) is 1.80. The van der Waals surface area contributed by atoms with Crippen LogP contribution in [-0.2, 0) is 9.53 Å². The Kier molecular flexibility index (Phi) is 6.85. The van der Waals surface area contributed by atoms with Gasteiger partial charge in [-0.05, 0) is 0 Å². The molecule has 0 aliphatic heterocycles. The first-order valence-electron chi connectivity index (χ1n) is 7.41. The number of carbonyl (C=O) groups is 2. The van der Waals surface area contributed by atoms with E-state index in [1.807, 2.05) is 36.4 Å².